The minimum Gasteiger partial charge on any atom is -0.338 e. The number of fused-ring (bicyclic) bond motifs is 1. The van der Waals surface area contributed by atoms with Crippen LogP contribution in [0.2, 0.25) is 0 Å². The average molecular weight is 265 g/mol. The van der Waals surface area contributed by atoms with Gasteiger partial charge in [-0.1, -0.05) is 6.42 Å². The highest BCUT2D eigenvalue weighted by atomic mass is 16.2. The van der Waals surface area contributed by atoms with E-state index in [0.29, 0.717) is 11.8 Å². The van der Waals surface area contributed by atoms with Crippen LogP contribution < -0.4 is 5.32 Å². The molecule has 0 radical (unpaired) electrons. The number of hydrogen-bond acceptors (Lipinski definition) is 3. The van der Waals surface area contributed by atoms with Crippen LogP contribution in [0.5, 0.6) is 0 Å². The number of carbonyl (C=O) groups excluding carboxylic acids is 1. The van der Waals surface area contributed by atoms with Crippen molar-refractivity contribution in [3.8, 4) is 0 Å². The number of hydrogen-bond donors (Lipinski definition) is 1. The van der Waals surface area contributed by atoms with Gasteiger partial charge in [-0.05, 0) is 52.1 Å². The van der Waals surface area contributed by atoms with Gasteiger partial charge in [0.15, 0.2) is 0 Å². The summed E-state index contributed by atoms with van der Waals surface area (Å²) in [6.07, 6.45) is 3.87. The number of nitrogens with zero attached hydrogens (tertiary/aromatic N) is 2. The summed E-state index contributed by atoms with van der Waals surface area (Å²) >= 11 is 0. The van der Waals surface area contributed by atoms with Crippen LogP contribution in [0.3, 0.4) is 0 Å². The van der Waals surface area contributed by atoms with Crippen LogP contribution in [0, 0.1) is 11.8 Å². The molecule has 3 atom stereocenters. The predicted octanol–water partition coefficient (Wildman–Crippen LogP) is 0.927. The van der Waals surface area contributed by atoms with E-state index in [0.717, 1.165) is 32.1 Å². The van der Waals surface area contributed by atoms with Crippen LogP contribution in [-0.2, 0) is 4.79 Å². The Morgan fingerprint density at radius 1 is 1.26 bits per heavy atom. The van der Waals surface area contributed by atoms with Gasteiger partial charge in [0, 0.05) is 25.2 Å². The molecule has 2 aliphatic heterocycles. The van der Waals surface area contributed by atoms with E-state index in [9.17, 15) is 4.79 Å². The van der Waals surface area contributed by atoms with Crippen molar-refractivity contribution in [2.24, 2.45) is 11.8 Å². The summed E-state index contributed by atoms with van der Waals surface area (Å²) in [6.45, 7) is 8.24. The number of rotatable bonds is 1. The molecule has 2 heterocycles. The molecule has 3 rings (SSSR count). The summed E-state index contributed by atoms with van der Waals surface area (Å²) < 4.78 is 0. The Hall–Kier alpha value is -0.610. The average Bonchev–Trinajstić information content (AvgIpc) is 2.93. The molecule has 19 heavy (non-hydrogen) atoms. The van der Waals surface area contributed by atoms with Crippen LogP contribution in [-0.4, -0.2) is 60.5 Å². The fourth-order valence-electron chi connectivity index (χ4n) is 4.08. The summed E-state index contributed by atoms with van der Waals surface area (Å²) in [5, 5.41) is 3.49. The maximum atomic E-state index is 12.8. The van der Waals surface area contributed by atoms with Crippen molar-refractivity contribution in [3.05, 3.63) is 0 Å². The fourth-order valence-corrected chi connectivity index (χ4v) is 4.08. The molecule has 0 spiro atoms. The highest BCUT2D eigenvalue weighted by molar-refractivity contribution is 5.83. The van der Waals surface area contributed by atoms with E-state index in [-0.39, 0.29) is 11.6 Å². The Morgan fingerprint density at radius 3 is 2.79 bits per heavy atom. The summed E-state index contributed by atoms with van der Waals surface area (Å²) in [4.78, 5) is 17.2. The second-order valence-electron chi connectivity index (χ2n) is 7.23. The first-order valence-electron chi connectivity index (χ1n) is 7.72. The molecule has 1 N–H and O–H groups in total. The van der Waals surface area contributed by atoms with Crippen molar-refractivity contribution < 1.29 is 4.79 Å². The van der Waals surface area contributed by atoms with Gasteiger partial charge in [0.2, 0.25) is 5.91 Å². The standard InChI is InChI=1S/C15H27N3O/c1-15(2)10-18(8-7-17(15)3)14(19)13-12-6-4-5-11(12)9-16-13/h11-13,16H,4-10H2,1-3H3. The molecule has 0 bridgehead atoms. The molecule has 4 nitrogen and oxygen atoms in total. The maximum Gasteiger partial charge on any atom is 0.240 e. The molecule has 4 heteroatoms. The fraction of sp³-hybridized carbons (Fsp3) is 0.933. The zero-order valence-corrected chi connectivity index (χ0v) is 12.5. The third-order valence-corrected chi connectivity index (χ3v) is 5.64. The Kier molecular flexibility index (Phi) is 3.34. The first-order chi connectivity index (χ1) is 8.99. The molecule has 1 saturated carbocycles. The van der Waals surface area contributed by atoms with Crippen LogP contribution >= 0.6 is 0 Å². The predicted molar refractivity (Wildman–Crippen MR) is 75.9 cm³/mol. The molecule has 1 amide bonds. The van der Waals surface area contributed by atoms with Gasteiger partial charge in [-0.2, -0.15) is 0 Å². The molecule has 3 fully saturated rings. The normalized spacial score (nSPS) is 38.5. The summed E-state index contributed by atoms with van der Waals surface area (Å²) in [5.74, 6) is 1.72. The minimum atomic E-state index is 0.0988. The van der Waals surface area contributed by atoms with Crippen molar-refractivity contribution in [2.45, 2.75) is 44.7 Å². The third kappa shape index (κ3) is 2.29. The number of piperazine rings is 1. The van der Waals surface area contributed by atoms with Crippen LogP contribution in [0.15, 0.2) is 0 Å². The highest BCUT2D eigenvalue weighted by Gasteiger charge is 2.45. The summed E-state index contributed by atoms with van der Waals surface area (Å²) in [5.41, 5.74) is 0.0988. The van der Waals surface area contributed by atoms with Crippen LogP contribution in [0.1, 0.15) is 33.1 Å². The van der Waals surface area contributed by atoms with Crippen molar-refractivity contribution in [1.29, 1.82) is 0 Å². The molecule has 2 saturated heterocycles. The first-order valence-corrected chi connectivity index (χ1v) is 7.72. The van der Waals surface area contributed by atoms with Gasteiger partial charge < -0.3 is 10.2 Å². The van der Waals surface area contributed by atoms with Crippen molar-refractivity contribution in [2.75, 3.05) is 33.2 Å². The van der Waals surface area contributed by atoms with E-state index in [4.69, 9.17) is 0 Å². The number of carbonyl (C=O) groups is 1. The van der Waals surface area contributed by atoms with E-state index < -0.39 is 0 Å². The molecule has 3 aliphatic rings. The maximum absolute atomic E-state index is 12.8. The zero-order valence-electron chi connectivity index (χ0n) is 12.5. The highest BCUT2D eigenvalue weighted by Crippen LogP contribution is 2.38. The van der Waals surface area contributed by atoms with Gasteiger partial charge in [-0.3, -0.25) is 9.69 Å². The second-order valence-corrected chi connectivity index (χ2v) is 7.23. The van der Waals surface area contributed by atoms with Gasteiger partial charge in [0.05, 0.1) is 6.04 Å². The number of amides is 1. The molecule has 1 aliphatic carbocycles. The Morgan fingerprint density at radius 2 is 2.05 bits per heavy atom. The van der Waals surface area contributed by atoms with Crippen molar-refractivity contribution in [1.82, 2.24) is 15.1 Å². The molecule has 108 valence electrons. The van der Waals surface area contributed by atoms with Gasteiger partial charge in [-0.25, -0.2) is 0 Å². The van der Waals surface area contributed by atoms with Crippen LogP contribution in [0.25, 0.3) is 0 Å². The van der Waals surface area contributed by atoms with Crippen molar-refractivity contribution in [3.63, 3.8) is 0 Å². The lowest BCUT2D eigenvalue weighted by Crippen LogP contribution is -2.61. The monoisotopic (exact) mass is 265 g/mol. The van der Waals surface area contributed by atoms with E-state index in [2.05, 4.69) is 36.0 Å². The third-order valence-electron chi connectivity index (χ3n) is 5.64. The van der Waals surface area contributed by atoms with E-state index >= 15 is 0 Å². The quantitative estimate of drug-likeness (QED) is 0.766. The first kappa shape index (κ1) is 13.4. The van der Waals surface area contributed by atoms with Gasteiger partial charge in [0.25, 0.3) is 0 Å². The van der Waals surface area contributed by atoms with E-state index in [1.165, 1.54) is 19.3 Å². The van der Waals surface area contributed by atoms with Gasteiger partial charge in [-0.15, -0.1) is 0 Å². The molecular formula is C15H27N3O. The van der Waals surface area contributed by atoms with Crippen molar-refractivity contribution >= 4 is 5.91 Å². The van der Waals surface area contributed by atoms with Gasteiger partial charge in [0.1, 0.15) is 0 Å². The smallest absolute Gasteiger partial charge is 0.240 e. The van der Waals surface area contributed by atoms with E-state index in [1.54, 1.807) is 0 Å². The summed E-state index contributed by atoms with van der Waals surface area (Å²) in [6, 6.07) is 0.103. The Bertz CT molecular complexity index is 368. The Balaban J connectivity index is 1.67. The van der Waals surface area contributed by atoms with Gasteiger partial charge >= 0.3 is 0 Å². The van der Waals surface area contributed by atoms with Crippen LogP contribution in [0.4, 0.5) is 0 Å². The molecular weight excluding hydrogens is 238 g/mol. The lowest BCUT2D eigenvalue weighted by molar-refractivity contribution is -0.138. The minimum absolute atomic E-state index is 0.0988. The largest absolute Gasteiger partial charge is 0.338 e. The topological polar surface area (TPSA) is 35.6 Å². The zero-order chi connectivity index (χ0) is 13.6. The molecule has 0 aromatic heterocycles. The number of likely N-dealkylation sites (N-methyl/N-ethyl adjacent to an activating group) is 1. The summed E-state index contributed by atoms with van der Waals surface area (Å²) in [7, 11) is 2.16. The van der Waals surface area contributed by atoms with E-state index in [1.807, 2.05) is 0 Å². The lowest BCUT2D eigenvalue weighted by Gasteiger charge is -2.46. The lowest BCUT2D eigenvalue weighted by atomic mass is 9.92. The molecule has 0 aromatic rings. The SMILES string of the molecule is CN1CCN(C(=O)C2NCC3CCCC32)CC1(C)C. The Labute approximate surface area is 116 Å². The molecule has 3 unspecified atom stereocenters. The second kappa shape index (κ2) is 4.74. The number of nitrogens with one attached hydrogen (secondary N) is 1. The molecule has 0 aromatic carbocycles.